The molecule has 43 heavy (non-hydrogen) atoms. The fourth-order valence-corrected chi connectivity index (χ4v) is 6.94. The Kier molecular flexibility index (Phi) is 6.09. The highest BCUT2D eigenvalue weighted by Gasteiger charge is 2.70. The summed E-state index contributed by atoms with van der Waals surface area (Å²) in [7, 11) is 0. The smallest absolute Gasteiger partial charge is 0.308 e. The van der Waals surface area contributed by atoms with Crippen molar-refractivity contribution in [1.29, 1.82) is 0 Å². The highest BCUT2D eigenvalue weighted by Crippen LogP contribution is 2.58. The van der Waals surface area contributed by atoms with Gasteiger partial charge in [0.05, 0.1) is 12.0 Å². The van der Waals surface area contributed by atoms with Crippen LogP contribution in [0.5, 0.6) is 5.75 Å². The minimum atomic E-state index is -1.47. The van der Waals surface area contributed by atoms with Gasteiger partial charge in [0.25, 0.3) is 0 Å². The maximum absolute atomic E-state index is 14.7. The van der Waals surface area contributed by atoms with Gasteiger partial charge in [-0.1, -0.05) is 48.6 Å². The monoisotopic (exact) mass is 572 g/mol. The molecule has 7 nitrogen and oxygen atoms in total. The molecule has 1 saturated heterocycles. The van der Waals surface area contributed by atoms with E-state index in [1.54, 1.807) is 24.3 Å². The molecular weight excluding hydrogens is 547 g/mol. The van der Waals surface area contributed by atoms with Gasteiger partial charge in [-0.15, -0.1) is 0 Å². The van der Waals surface area contributed by atoms with Gasteiger partial charge in [-0.3, -0.25) is 19.2 Å². The average molecular weight is 573 g/mol. The normalized spacial score (nSPS) is 22.9. The van der Waals surface area contributed by atoms with E-state index in [2.05, 4.69) is 5.32 Å². The molecule has 0 aromatic heterocycles. The number of fused-ring (bicyclic) bond motifs is 6. The molecule has 4 aromatic carbocycles. The molecule has 3 aliphatic rings. The molecule has 3 aliphatic heterocycles. The first-order chi connectivity index (χ1) is 20.8. The number of amides is 1. The molecule has 4 aromatic rings. The molecule has 1 amide bonds. The Balaban J connectivity index is 1.48. The van der Waals surface area contributed by atoms with Crippen molar-refractivity contribution in [3.63, 3.8) is 0 Å². The topological polar surface area (TPSA) is 92.8 Å². The zero-order valence-corrected chi connectivity index (χ0v) is 23.0. The van der Waals surface area contributed by atoms with Gasteiger partial charge in [0.2, 0.25) is 5.91 Å². The van der Waals surface area contributed by atoms with Crippen molar-refractivity contribution in [1.82, 2.24) is 0 Å². The zero-order chi connectivity index (χ0) is 29.9. The Morgan fingerprint density at radius 2 is 1.49 bits per heavy atom. The summed E-state index contributed by atoms with van der Waals surface area (Å²) in [5.41, 5.74) is 1.78. The van der Waals surface area contributed by atoms with Gasteiger partial charge in [0.1, 0.15) is 23.0 Å². The van der Waals surface area contributed by atoms with Crippen LogP contribution in [0.1, 0.15) is 38.8 Å². The lowest BCUT2D eigenvalue weighted by Gasteiger charge is -2.37. The second-order valence-electron chi connectivity index (χ2n) is 10.9. The highest BCUT2D eigenvalue weighted by atomic mass is 19.1. The van der Waals surface area contributed by atoms with Gasteiger partial charge in [-0.25, -0.2) is 4.39 Å². The predicted molar refractivity (Wildman–Crippen MR) is 159 cm³/mol. The number of hydrogen-bond acceptors (Lipinski definition) is 6. The molecule has 8 heteroatoms. The summed E-state index contributed by atoms with van der Waals surface area (Å²) in [6.45, 7) is 1.29. The van der Waals surface area contributed by atoms with Crippen LogP contribution >= 0.6 is 0 Å². The number of halogens is 1. The number of nitrogens with zero attached hydrogens (tertiary/aromatic N) is 1. The Bertz CT molecular complexity index is 1850. The fourth-order valence-electron chi connectivity index (χ4n) is 6.94. The molecule has 7 rings (SSSR count). The third-order valence-electron chi connectivity index (χ3n) is 8.62. The van der Waals surface area contributed by atoms with Crippen molar-refractivity contribution in [2.24, 2.45) is 5.92 Å². The molecule has 3 heterocycles. The Labute approximate surface area is 246 Å². The SMILES string of the molecule is CC(=O)Oc1ccc(C(=O)[C@@H]2[C@H](C(=O)c3ccc(F)cc3)[C@@]3(C(=O)Nc4ccccc43)[C@@H]3C=Cc4ccccc4N23)cc1. The number of ketones is 2. The molecule has 4 atom stereocenters. The van der Waals surface area contributed by atoms with Crippen LogP contribution < -0.4 is 15.0 Å². The molecule has 1 fully saturated rings. The summed E-state index contributed by atoms with van der Waals surface area (Å²) < 4.78 is 19.1. The Morgan fingerprint density at radius 3 is 2.23 bits per heavy atom. The minimum Gasteiger partial charge on any atom is -0.427 e. The molecule has 212 valence electrons. The number of nitrogens with one attached hydrogen (secondary N) is 1. The van der Waals surface area contributed by atoms with Crippen LogP contribution in [0, 0.1) is 11.7 Å². The summed E-state index contributed by atoms with van der Waals surface area (Å²) in [4.78, 5) is 57.1. The molecule has 0 bridgehead atoms. The average Bonchev–Trinajstić information content (AvgIpc) is 3.49. The Hall–Kier alpha value is -5.37. The van der Waals surface area contributed by atoms with Crippen molar-refractivity contribution >= 4 is 40.9 Å². The maximum Gasteiger partial charge on any atom is 0.308 e. The minimum absolute atomic E-state index is 0.197. The number of rotatable bonds is 5. The van der Waals surface area contributed by atoms with E-state index in [0.29, 0.717) is 11.3 Å². The quantitative estimate of drug-likeness (QED) is 0.190. The second-order valence-corrected chi connectivity index (χ2v) is 10.9. The van der Waals surface area contributed by atoms with E-state index in [1.807, 2.05) is 53.5 Å². The van der Waals surface area contributed by atoms with Gasteiger partial charge in [-0.05, 0) is 71.8 Å². The summed E-state index contributed by atoms with van der Waals surface area (Å²) >= 11 is 0. The van der Waals surface area contributed by atoms with E-state index in [0.717, 1.165) is 11.3 Å². The van der Waals surface area contributed by atoms with Gasteiger partial charge in [-0.2, -0.15) is 0 Å². The molecule has 1 spiro atoms. The number of anilines is 2. The first-order valence-electron chi connectivity index (χ1n) is 13.9. The second kappa shape index (κ2) is 9.87. The summed E-state index contributed by atoms with van der Waals surface area (Å²) in [5, 5.41) is 2.99. The van der Waals surface area contributed by atoms with E-state index in [9.17, 15) is 23.6 Å². The third-order valence-corrected chi connectivity index (χ3v) is 8.62. The van der Waals surface area contributed by atoms with E-state index in [4.69, 9.17) is 4.74 Å². The first kappa shape index (κ1) is 26.5. The molecular formula is C35H25FN2O5. The summed E-state index contributed by atoms with van der Waals surface area (Å²) in [6, 6.07) is 24.3. The summed E-state index contributed by atoms with van der Waals surface area (Å²) in [5.74, 6) is -3.10. The molecule has 0 unspecified atom stereocenters. The highest BCUT2D eigenvalue weighted by molar-refractivity contribution is 6.18. The van der Waals surface area contributed by atoms with E-state index < -0.39 is 41.0 Å². The van der Waals surface area contributed by atoms with E-state index in [-0.39, 0.29) is 28.6 Å². The molecule has 0 aliphatic carbocycles. The number of para-hydroxylation sites is 2. The van der Waals surface area contributed by atoms with Crippen molar-refractivity contribution in [3.8, 4) is 5.75 Å². The summed E-state index contributed by atoms with van der Waals surface area (Å²) in [6.07, 6.45) is 3.82. The van der Waals surface area contributed by atoms with E-state index in [1.165, 1.54) is 43.3 Å². The van der Waals surface area contributed by atoms with Crippen LogP contribution in [0.25, 0.3) is 6.08 Å². The number of carbonyl (C=O) groups excluding carboxylic acids is 4. The number of esters is 1. The lowest BCUT2D eigenvalue weighted by Crippen LogP contribution is -2.51. The zero-order valence-electron chi connectivity index (χ0n) is 23.0. The number of benzene rings is 4. The lowest BCUT2D eigenvalue weighted by atomic mass is 9.64. The number of carbonyl (C=O) groups is 4. The van der Waals surface area contributed by atoms with Crippen LogP contribution in [-0.2, 0) is 15.0 Å². The standard InChI is InChI=1S/C35H25FN2O5/c1-20(39)43-25-17-12-23(13-18-25)33(41)31-30(32(40)22-10-15-24(36)16-11-22)35(26-7-3-4-8-27(26)37-34(35)42)29-19-14-21-6-2-5-9-28(21)38(29)31/h2-19,29-31H,1H3,(H,37,42)/t29-,30+,31-,35-/m0/s1. The van der Waals surface area contributed by atoms with E-state index >= 15 is 0 Å². The number of Topliss-reactive ketones (excluding diaryl/α,β-unsaturated/α-hetero) is 2. The third kappa shape index (κ3) is 3.94. The molecule has 0 radical (unpaired) electrons. The van der Waals surface area contributed by atoms with Gasteiger partial charge in [0, 0.05) is 29.4 Å². The number of hydrogen-bond donors (Lipinski definition) is 1. The van der Waals surface area contributed by atoms with Crippen LogP contribution in [0.4, 0.5) is 15.8 Å². The molecule has 1 N–H and O–H groups in total. The van der Waals surface area contributed by atoms with Crippen LogP contribution in [0.3, 0.4) is 0 Å². The van der Waals surface area contributed by atoms with Crippen molar-refractivity contribution < 1.29 is 28.3 Å². The van der Waals surface area contributed by atoms with Gasteiger partial charge in [0.15, 0.2) is 11.6 Å². The van der Waals surface area contributed by atoms with Crippen molar-refractivity contribution in [2.45, 2.75) is 24.4 Å². The number of ether oxygens (including phenoxy) is 1. The van der Waals surface area contributed by atoms with Crippen LogP contribution in [0.15, 0.2) is 103 Å². The lowest BCUT2D eigenvalue weighted by molar-refractivity contribution is -0.131. The van der Waals surface area contributed by atoms with Gasteiger partial charge < -0.3 is 15.0 Å². The fraction of sp³-hybridized carbons (Fsp3) is 0.143. The van der Waals surface area contributed by atoms with Crippen LogP contribution in [-0.4, -0.2) is 35.5 Å². The van der Waals surface area contributed by atoms with Crippen molar-refractivity contribution in [3.05, 3.63) is 131 Å². The maximum atomic E-state index is 14.7. The van der Waals surface area contributed by atoms with Crippen LogP contribution in [0.2, 0.25) is 0 Å². The first-order valence-corrected chi connectivity index (χ1v) is 13.9. The predicted octanol–water partition coefficient (Wildman–Crippen LogP) is 5.61. The van der Waals surface area contributed by atoms with Crippen molar-refractivity contribution in [2.75, 3.05) is 10.2 Å². The molecule has 0 saturated carbocycles. The largest absolute Gasteiger partial charge is 0.427 e. The Morgan fingerprint density at radius 1 is 0.837 bits per heavy atom. The van der Waals surface area contributed by atoms with Gasteiger partial charge >= 0.3 is 5.97 Å².